The zero-order valence-corrected chi connectivity index (χ0v) is 7.01. The Balaban J connectivity index is 0. The zero-order valence-electron chi connectivity index (χ0n) is 7.01. The number of carboxylic acid groups (broad SMARTS) is 1. The molecule has 0 aliphatic carbocycles. The van der Waals surface area contributed by atoms with Crippen LogP contribution in [0.1, 0.15) is 6.92 Å². The van der Waals surface area contributed by atoms with Crippen molar-refractivity contribution in [2.45, 2.75) is 13.0 Å². The Morgan fingerprint density at radius 1 is 1.31 bits per heavy atom. The van der Waals surface area contributed by atoms with Crippen LogP contribution in [0.5, 0.6) is 0 Å². The number of carbonyl (C=O) groups is 2. The molecule has 0 aromatic heterocycles. The summed E-state index contributed by atoms with van der Waals surface area (Å²) in [6.07, 6.45) is -2.52. The third-order valence-electron chi connectivity index (χ3n) is 0.653. The Labute approximate surface area is 74.2 Å². The molecule has 78 valence electrons. The molecule has 4 N–H and O–H groups in total. The van der Waals surface area contributed by atoms with Crippen molar-refractivity contribution in [1.82, 2.24) is 0 Å². The van der Waals surface area contributed by atoms with E-state index < -0.39 is 18.2 Å². The minimum absolute atomic E-state index is 0.365. The lowest BCUT2D eigenvalue weighted by molar-refractivity contribution is -0.136. The van der Waals surface area contributed by atoms with E-state index in [0.717, 1.165) is 6.92 Å². The average molecular weight is 196 g/mol. The largest absolute Gasteiger partial charge is 0.513 e. The van der Waals surface area contributed by atoms with Crippen LogP contribution in [0.15, 0.2) is 0 Å². The Kier molecular flexibility index (Phi) is 9.84. The van der Waals surface area contributed by atoms with Crippen molar-refractivity contribution in [3.05, 3.63) is 0 Å². The maximum absolute atomic E-state index is 9.65. The highest BCUT2D eigenvalue weighted by Crippen LogP contribution is 1.73. The fourth-order valence-electron chi connectivity index (χ4n) is 0.181. The van der Waals surface area contributed by atoms with Crippen molar-refractivity contribution < 1.29 is 34.8 Å². The molecule has 7 heteroatoms. The summed E-state index contributed by atoms with van der Waals surface area (Å²) in [5, 5.41) is 31.7. The van der Waals surface area contributed by atoms with Gasteiger partial charge in [-0.1, -0.05) is 0 Å². The first-order valence-corrected chi connectivity index (χ1v) is 3.25. The molecule has 0 saturated carbocycles. The molecule has 0 aliphatic heterocycles. The molecule has 13 heavy (non-hydrogen) atoms. The molecule has 0 unspecified atom stereocenters. The van der Waals surface area contributed by atoms with Gasteiger partial charge in [0.15, 0.2) is 0 Å². The van der Waals surface area contributed by atoms with Crippen LogP contribution in [0.2, 0.25) is 0 Å². The molecule has 0 aliphatic rings. The SMILES string of the molecule is CC(=O)OC(=O)O.OCC(O)CO. The van der Waals surface area contributed by atoms with Gasteiger partial charge in [-0.05, 0) is 0 Å². The van der Waals surface area contributed by atoms with Crippen LogP contribution in [0, 0.1) is 0 Å². The third kappa shape index (κ3) is 18.1. The Hall–Kier alpha value is -1.18. The summed E-state index contributed by atoms with van der Waals surface area (Å²) in [6, 6.07) is 0. The lowest BCUT2D eigenvalue weighted by atomic mass is 10.4. The van der Waals surface area contributed by atoms with E-state index in [0.29, 0.717) is 0 Å². The molecular formula is C6H12O7. The van der Waals surface area contributed by atoms with Crippen molar-refractivity contribution in [3.63, 3.8) is 0 Å². The number of hydrogen-bond acceptors (Lipinski definition) is 6. The fourth-order valence-corrected chi connectivity index (χ4v) is 0.181. The summed E-state index contributed by atoms with van der Waals surface area (Å²) in [7, 11) is 0. The summed E-state index contributed by atoms with van der Waals surface area (Å²) < 4.78 is 3.53. The van der Waals surface area contributed by atoms with E-state index in [4.69, 9.17) is 20.4 Å². The Morgan fingerprint density at radius 2 is 1.69 bits per heavy atom. The summed E-state index contributed by atoms with van der Waals surface area (Å²) >= 11 is 0. The van der Waals surface area contributed by atoms with Gasteiger partial charge in [-0.15, -0.1) is 0 Å². The minimum atomic E-state index is -1.56. The molecule has 0 radical (unpaired) electrons. The first kappa shape index (κ1) is 14.3. The van der Waals surface area contributed by atoms with Crippen molar-refractivity contribution in [1.29, 1.82) is 0 Å². The summed E-state index contributed by atoms with van der Waals surface area (Å²) in [6.45, 7) is 0.293. The number of carbonyl (C=O) groups excluding carboxylic acids is 1. The van der Waals surface area contributed by atoms with Crippen LogP contribution < -0.4 is 0 Å². The van der Waals surface area contributed by atoms with E-state index in [-0.39, 0.29) is 13.2 Å². The van der Waals surface area contributed by atoms with Crippen molar-refractivity contribution in [2.75, 3.05) is 13.2 Å². The van der Waals surface area contributed by atoms with E-state index >= 15 is 0 Å². The summed E-state index contributed by atoms with van der Waals surface area (Å²) in [5.74, 6) is -0.812. The van der Waals surface area contributed by atoms with Crippen LogP contribution in [-0.4, -0.2) is 51.9 Å². The van der Waals surface area contributed by atoms with Crippen molar-refractivity contribution in [2.24, 2.45) is 0 Å². The number of ether oxygens (including phenoxy) is 1. The van der Waals surface area contributed by atoms with Gasteiger partial charge < -0.3 is 25.2 Å². The summed E-state index contributed by atoms with van der Waals surface area (Å²) in [4.78, 5) is 19.0. The highest BCUT2D eigenvalue weighted by molar-refractivity contribution is 5.78. The van der Waals surface area contributed by atoms with Gasteiger partial charge in [0, 0.05) is 6.92 Å². The van der Waals surface area contributed by atoms with Gasteiger partial charge in [-0.3, -0.25) is 4.79 Å². The van der Waals surface area contributed by atoms with E-state index in [9.17, 15) is 9.59 Å². The lowest BCUT2D eigenvalue weighted by Crippen LogP contribution is -2.15. The zero-order chi connectivity index (χ0) is 10.9. The quantitative estimate of drug-likeness (QED) is 0.315. The maximum Gasteiger partial charge on any atom is 0.513 e. The topological polar surface area (TPSA) is 124 Å². The van der Waals surface area contributed by atoms with Gasteiger partial charge in [0.2, 0.25) is 0 Å². The Bertz CT molecular complexity index is 139. The van der Waals surface area contributed by atoms with Crippen LogP contribution in [0.25, 0.3) is 0 Å². The second kappa shape index (κ2) is 8.91. The third-order valence-corrected chi connectivity index (χ3v) is 0.653. The maximum atomic E-state index is 9.65. The molecule has 7 nitrogen and oxygen atoms in total. The van der Waals surface area contributed by atoms with E-state index in [1.807, 2.05) is 0 Å². The monoisotopic (exact) mass is 196 g/mol. The van der Waals surface area contributed by atoms with E-state index in [1.165, 1.54) is 0 Å². The molecule has 0 amide bonds. The molecule has 0 aromatic rings. The molecule has 0 bridgehead atoms. The molecule has 0 atom stereocenters. The number of aliphatic hydroxyl groups excluding tert-OH is 3. The van der Waals surface area contributed by atoms with Crippen molar-refractivity contribution >= 4 is 12.1 Å². The lowest BCUT2D eigenvalue weighted by Gasteiger charge is -1.96. The number of aliphatic hydroxyl groups is 3. The minimum Gasteiger partial charge on any atom is -0.449 e. The standard InChI is InChI=1S/C3H4O4.C3H8O3/c1-2(4)7-3(5)6;4-1-3(6)2-5/h1H3,(H,5,6);3-6H,1-2H2. The van der Waals surface area contributed by atoms with Crippen LogP contribution in [-0.2, 0) is 9.53 Å². The van der Waals surface area contributed by atoms with Gasteiger partial charge in [0.1, 0.15) is 6.10 Å². The van der Waals surface area contributed by atoms with Crippen molar-refractivity contribution in [3.8, 4) is 0 Å². The predicted octanol–water partition coefficient (Wildman–Crippen LogP) is -1.44. The smallest absolute Gasteiger partial charge is 0.449 e. The first-order valence-electron chi connectivity index (χ1n) is 3.25. The molecule has 0 fully saturated rings. The Morgan fingerprint density at radius 3 is 1.69 bits per heavy atom. The number of esters is 1. The van der Waals surface area contributed by atoms with Gasteiger partial charge in [-0.2, -0.15) is 0 Å². The second-order valence-electron chi connectivity index (χ2n) is 1.88. The van der Waals surface area contributed by atoms with E-state index in [2.05, 4.69) is 4.74 Å². The molecule has 0 heterocycles. The first-order chi connectivity index (χ1) is 5.93. The molecule has 0 aromatic carbocycles. The average Bonchev–Trinajstić information content (AvgIpc) is 2.01. The van der Waals surface area contributed by atoms with E-state index in [1.54, 1.807) is 0 Å². The number of rotatable bonds is 2. The van der Waals surface area contributed by atoms with Crippen LogP contribution >= 0.6 is 0 Å². The van der Waals surface area contributed by atoms with Crippen LogP contribution in [0.4, 0.5) is 4.79 Å². The van der Waals surface area contributed by atoms with Gasteiger partial charge >= 0.3 is 12.1 Å². The normalized spacial score (nSPS) is 8.69. The molecule has 0 rings (SSSR count). The van der Waals surface area contributed by atoms with Gasteiger partial charge in [0.05, 0.1) is 13.2 Å². The summed E-state index contributed by atoms with van der Waals surface area (Å²) in [5.41, 5.74) is 0. The van der Waals surface area contributed by atoms with Crippen LogP contribution in [0.3, 0.4) is 0 Å². The second-order valence-corrected chi connectivity index (χ2v) is 1.88. The van der Waals surface area contributed by atoms with Gasteiger partial charge in [-0.25, -0.2) is 4.79 Å². The predicted molar refractivity (Wildman–Crippen MR) is 40.0 cm³/mol. The van der Waals surface area contributed by atoms with Gasteiger partial charge in [0.25, 0.3) is 0 Å². The molecule has 0 saturated heterocycles. The fraction of sp³-hybridized carbons (Fsp3) is 0.667. The number of hydrogen-bond donors (Lipinski definition) is 4. The highest BCUT2D eigenvalue weighted by Gasteiger charge is 1.97. The highest BCUT2D eigenvalue weighted by atomic mass is 16.7. The molecule has 0 spiro atoms. The molecular weight excluding hydrogens is 184 g/mol.